The molecule has 4 rings (SSSR count). The third-order valence-corrected chi connectivity index (χ3v) is 6.69. The summed E-state index contributed by atoms with van der Waals surface area (Å²) in [6, 6.07) is 8.29. The standard InChI is InChI=1S/C24H30N4O2/c1-6-24(17-9-7-8-16(10-17)14-28(5)15(2)29)18-13-25-27-22(18)26-19-11-23(3,4)12-20(30)21(19)24/h7-10,13,22,26H,6,11-12,14H2,1-5H3. The summed E-state index contributed by atoms with van der Waals surface area (Å²) in [5.41, 5.74) is 4.41. The molecule has 1 amide bonds. The van der Waals surface area contributed by atoms with Crippen molar-refractivity contribution in [3.8, 4) is 0 Å². The third kappa shape index (κ3) is 3.18. The van der Waals surface area contributed by atoms with Gasteiger partial charge in [0.05, 0.1) is 11.6 Å². The average molecular weight is 407 g/mol. The quantitative estimate of drug-likeness (QED) is 0.813. The molecule has 0 fully saturated rings. The Bertz CT molecular complexity index is 1000. The minimum atomic E-state index is -0.548. The Morgan fingerprint density at radius 1 is 1.30 bits per heavy atom. The molecule has 1 aliphatic carbocycles. The lowest BCUT2D eigenvalue weighted by atomic mass is 9.59. The van der Waals surface area contributed by atoms with E-state index in [2.05, 4.69) is 48.4 Å². The minimum absolute atomic E-state index is 0.0262. The summed E-state index contributed by atoms with van der Waals surface area (Å²) in [7, 11) is 1.80. The molecule has 1 N–H and O–H groups in total. The molecule has 2 heterocycles. The molecule has 2 aliphatic heterocycles. The molecule has 1 aromatic carbocycles. The lowest BCUT2D eigenvalue weighted by Crippen LogP contribution is -2.51. The summed E-state index contributed by atoms with van der Waals surface area (Å²) in [6.07, 6.45) is 3.70. The highest BCUT2D eigenvalue weighted by Gasteiger charge is 2.52. The topological polar surface area (TPSA) is 74.1 Å². The van der Waals surface area contributed by atoms with Crippen LogP contribution in [0, 0.1) is 5.41 Å². The number of nitrogens with zero attached hydrogens (tertiary/aromatic N) is 3. The van der Waals surface area contributed by atoms with Gasteiger partial charge in [0.2, 0.25) is 5.91 Å². The number of rotatable bonds is 4. The largest absolute Gasteiger partial charge is 0.362 e. The van der Waals surface area contributed by atoms with Crippen molar-refractivity contribution in [1.29, 1.82) is 0 Å². The maximum atomic E-state index is 13.5. The second-order valence-corrected chi connectivity index (χ2v) is 9.49. The predicted molar refractivity (Wildman–Crippen MR) is 115 cm³/mol. The molecule has 0 bridgehead atoms. The number of carbonyl (C=O) groups excluding carboxylic acids is 2. The summed E-state index contributed by atoms with van der Waals surface area (Å²) >= 11 is 0. The fourth-order valence-corrected chi connectivity index (χ4v) is 5.21. The van der Waals surface area contributed by atoms with Gasteiger partial charge < -0.3 is 10.2 Å². The molecule has 0 saturated carbocycles. The Morgan fingerprint density at radius 2 is 2.07 bits per heavy atom. The summed E-state index contributed by atoms with van der Waals surface area (Å²) in [5.74, 6) is 0.228. The van der Waals surface area contributed by atoms with E-state index in [9.17, 15) is 9.59 Å². The fourth-order valence-electron chi connectivity index (χ4n) is 5.21. The van der Waals surface area contributed by atoms with Crippen molar-refractivity contribution < 1.29 is 9.59 Å². The van der Waals surface area contributed by atoms with E-state index in [1.807, 2.05) is 18.3 Å². The van der Waals surface area contributed by atoms with Gasteiger partial charge in [0.15, 0.2) is 11.9 Å². The van der Waals surface area contributed by atoms with Crippen LogP contribution in [0.1, 0.15) is 58.1 Å². The zero-order valence-corrected chi connectivity index (χ0v) is 18.5. The highest BCUT2D eigenvalue weighted by Crippen LogP contribution is 2.53. The van der Waals surface area contributed by atoms with E-state index in [0.717, 1.165) is 40.8 Å². The van der Waals surface area contributed by atoms with Crippen LogP contribution in [-0.2, 0) is 21.5 Å². The monoisotopic (exact) mass is 406 g/mol. The van der Waals surface area contributed by atoms with E-state index in [1.54, 1.807) is 18.9 Å². The number of amides is 1. The molecule has 0 radical (unpaired) electrons. The number of hydrogen-bond acceptors (Lipinski definition) is 5. The van der Waals surface area contributed by atoms with Crippen LogP contribution in [0.2, 0.25) is 0 Å². The van der Waals surface area contributed by atoms with Crippen molar-refractivity contribution in [2.75, 3.05) is 7.05 Å². The first kappa shape index (κ1) is 20.5. The molecule has 0 spiro atoms. The number of ketones is 1. The van der Waals surface area contributed by atoms with Gasteiger partial charge in [-0.2, -0.15) is 10.2 Å². The second kappa shape index (κ2) is 7.18. The second-order valence-electron chi connectivity index (χ2n) is 9.49. The first-order valence-electron chi connectivity index (χ1n) is 10.6. The number of hydrogen-bond donors (Lipinski definition) is 1. The third-order valence-electron chi connectivity index (χ3n) is 6.69. The van der Waals surface area contributed by atoms with E-state index in [0.29, 0.717) is 13.0 Å². The maximum absolute atomic E-state index is 13.5. The highest BCUT2D eigenvalue weighted by molar-refractivity contribution is 6.01. The number of benzene rings is 1. The molecule has 30 heavy (non-hydrogen) atoms. The predicted octanol–water partition coefficient (Wildman–Crippen LogP) is 4.23. The van der Waals surface area contributed by atoms with Crippen molar-refractivity contribution >= 4 is 11.7 Å². The van der Waals surface area contributed by atoms with Crippen LogP contribution in [0.4, 0.5) is 0 Å². The summed E-state index contributed by atoms with van der Waals surface area (Å²) in [5, 5.41) is 12.1. The van der Waals surface area contributed by atoms with Gasteiger partial charge in [-0.15, -0.1) is 0 Å². The zero-order valence-electron chi connectivity index (χ0n) is 18.5. The molecule has 3 aliphatic rings. The Balaban J connectivity index is 1.88. The van der Waals surface area contributed by atoms with Crippen LogP contribution >= 0.6 is 0 Å². The number of fused-ring (bicyclic) bond motifs is 1. The van der Waals surface area contributed by atoms with Gasteiger partial charge in [0.25, 0.3) is 0 Å². The fraction of sp³-hybridized carbons (Fsp3) is 0.500. The smallest absolute Gasteiger partial charge is 0.219 e. The number of nitrogens with one attached hydrogen (secondary N) is 1. The first-order valence-corrected chi connectivity index (χ1v) is 10.6. The number of carbonyl (C=O) groups is 2. The molecule has 6 nitrogen and oxygen atoms in total. The van der Waals surface area contributed by atoms with Gasteiger partial charge in [-0.3, -0.25) is 9.59 Å². The highest BCUT2D eigenvalue weighted by atomic mass is 16.2. The van der Waals surface area contributed by atoms with Crippen LogP contribution in [0.3, 0.4) is 0 Å². The van der Waals surface area contributed by atoms with Crippen molar-refractivity contribution in [3.63, 3.8) is 0 Å². The Kier molecular flexibility index (Phi) is 4.91. The first-order chi connectivity index (χ1) is 14.2. The number of Topliss-reactive ketones (excluding diaryl/α,β-unsaturated/α-hetero) is 1. The molecule has 0 aromatic heterocycles. The van der Waals surface area contributed by atoms with Crippen molar-refractivity contribution in [2.45, 2.75) is 65.1 Å². The molecule has 1 aromatic rings. The molecule has 158 valence electrons. The van der Waals surface area contributed by atoms with Gasteiger partial charge in [-0.1, -0.05) is 45.0 Å². The van der Waals surface area contributed by atoms with Gasteiger partial charge in [-0.05, 0) is 29.4 Å². The van der Waals surface area contributed by atoms with E-state index >= 15 is 0 Å². The Morgan fingerprint density at radius 3 is 2.77 bits per heavy atom. The molecule has 2 atom stereocenters. The molecular weight excluding hydrogens is 376 g/mol. The maximum Gasteiger partial charge on any atom is 0.219 e. The van der Waals surface area contributed by atoms with Crippen LogP contribution < -0.4 is 5.32 Å². The van der Waals surface area contributed by atoms with Gasteiger partial charge >= 0.3 is 0 Å². The number of allylic oxidation sites excluding steroid dienone is 2. The summed E-state index contributed by atoms with van der Waals surface area (Å²) < 4.78 is 0. The lowest BCUT2D eigenvalue weighted by molar-refractivity contribution is -0.128. The van der Waals surface area contributed by atoms with Crippen LogP contribution in [-0.4, -0.2) is 29.8 Å². The van der Waals surface area contributed by atoms with E-state index in [1.165, 1.54) is 0 Å². The Labute approximate surface area is 178 Å². The van der Waals surface area contributed by atoms with Crippen LogP contribution in [0.5, 0.6) is 0 Å². The zero-order chi connectivity index (χ0) is 21.7. The molecule has 0 saturated heterocycles. The summed E-state index contributed by atoms with van der Waals surface area (Å²) in [4.78, 5) is 26.9. The average Bonchev–Trinajstić information content (AvgIpc) is 3.14. The minimum Gasteiger partial charge on any atom is -0.362 e. The van der Waals surface area contributed by atoms with E-state index in [4.69, 9.17) is 0 Å². The molecular formula is C24H30N4O2. The van der Waals surface area contributed by atoms with Gasteiger partial charge in [0, 0.05) is 43.8 Å². The van der Waals surface area contributed by atoms with Crippen LogP contribution in [0.15, 0.2) is 57.5 Å². The van der Waals surface area contributed by atoms with Crippen LogP contribution in [0.25, 0.3) is 0 Å². The number of azo groups is 1. The van der Waals surface area contributed by atoms with Gasteiger partial charge in [0.1, 0.15) is 0 Å². The normalized spacial score (nSPS) is 26.6. The van der Waals surface area contributed by atoms with Crippen molar-refractivity contribution in [2.24, 2.45) is 15.6 Å². The SMILES string of the molecule is CCC1(c2cccc(CN(C)C(C)=O)c2)C2=CN=NC2NC2=C1C(=O)CC(C)(C)C2. The van der Waals surface area contributed by atoms with Gasteiger partial charge in [-0.25, -0.2) is 0 Å². The Hall–Kier alpha value is -2.76. The molecule has 6 heteroatoms. The lowest BCUT2D eigenvalue weighted by Gasteiger charge is -2.47. The van der Waals surface area contributed by atoms with Crippen molar-refractivity contribution in [3.05, 3.63) is 58.4 Å². The summed E-state index contributed by atoms with van der Waals surface area (Å²) in [6.45, 7) is 8.52. The molecule has 2 unspecified atom stereocenters. The van der Waals surface area contributed by atoms with E-state index < -0.39 is 5.41 Å². The van der Waals surface area contributed by atoms with Crippen molar-refractivity contribution in [1.82, 2.24) is 10.2 Å². The van der Waals surface area contributed by atoms with E-state index in [-0.39, 0.29) is 23.3 Å².